The first-order valence-corrected chi connectivity index (χ1v) is 14.7. The molecule has 2 N–H and O–H groups in total. The van der Waals surface area contributed by atoms with E-state index in [9.17, 15) is 14.0 Å². The van der Waals surface area contributed by atoms with Gasteiger partial charge in [0.15, 0.2) is 0 Å². The van der Waals surface area contributed by atoms with Crippen molar-refractivity contribution >= 4 is 51.5 Å². The number of piperidine rings is 1. The van der Waals surface area contributed by atoms with E-state index >= 15 is 0 Å². The number of anilines is 1. The molecule has 2 aromatic carbocycles. The van der Waals surface area contributed by atoms with Gasteiger partial charge in [-0.1, -0.05) is 11.9 Å². The van der Waals surface area contributed by atoms with Crippen LogP contribution in [0.1, 0.15) is 45.2 Å². The number of hydrogen-bond donors (Lipinski definition) is 2. The highest BCUT2D eigenvalue weighted by Crippen LogP contribution is 2.42. The van der Waals surface area contributed by atoms with Crippen molar-refractivity contribution in [2.75, 3.05) is 37.7 Å². The average molecular weight is 572 g/mol. The van der Waals surface area contributed by atoms with Crippen LogP contribution in [0, 0.1) is 5.82 Å². The summed E-state index contributed by atoms with van der Waals surface area (Å²) < 4.78 is 22.0. The lowest BCUT2D eigenvalue weighted by atomic mass is 9.88. The van der Waals surface area contributed by atoms with Crippen LogP contribution in [0.3, 0.4) is 0 Å². The van der Waals surface area contributed by atoms with Crippen molar-refractivity contribution in [1.29, 1.82) is 0 Å². The fraction of sp³-hybridized carbons (Fsp3) is 0.258. The molecule has 1 fully saturated rings. The molecule has 41 heavy (non-hydrogen) atoms. The Morgan fingerprint density at radius 1 is 1.20 bits per heavy atom. The van der Waals surface area contributed by atoms with Crippen molar-refractivity contribution in [1.82, 2.24) is 20.2 Å². The smallest absolute Gasteiger partial charge is 0.270 e. The molecule has 0 unspecified atom stereocenters. The number of amides is 2. The third-order valence-electron chi connectivity index (χ3n) is 7.78. The molecular weight excluding hydrogens is 541 g/mol. The summed E-state index contributed by atoms with van der Waals surface area (Å²) in [5.74, 6) is -0.264. The minimum Gasteiger partial charge on any atom is -0.455 e. The summed E-state index contributed by atoms with van der Waals surface area (Å²) in [5, 5.41) is 3.41. The molecule has 0 saturated carbocycles. The molecule has 0 radical (unpaired) electrons. The van der Waals surface area contributed by atoms with Crippen LogP contribution in [0.25, 0.3) is 33.3 Å². The molecule has 10 heteroatoms. The number of rotatable bonds is 6. The van der Waals surface area contributed by atoms with E-state index in [2.05, 4.69) is 19.6 Å². The normalized spacial score (nSPS) is 15.4. The lowest BCUT2D eigenvalue weighted by Gasteiger charge is -2.34. The van der Waals surface area contributed by atoms with Gasteiger partial charge in [-0.3, -0.25) is 14.6 Å². The van der Waals surface area contributed by atoms with Crippen LogP contribution in [0.5, 0.6) is 0 Å². The zero-order valence-corrected chi connectivity index (χ0v) is 23.8. The summed E-state index contributed by atoms with van der Waals surface area (Å²) >= 11 is 1.57. The topological polar surface area (TPSA) is 94.5 Å². The summed E-state index contributed by atoms with van der Waals surface area (Å²) in [6, 6.07) is 15.5. The van der Waals surface area contributed by atoms with E-state index in [1.165, 1.54) is 12.1 Å². The first kappa shape index (κ1) is 26.9. The second-order valence-electron chi connectivity index (χ2n) is 10.2. The number of aromatic nitrogens is 2. The van der Waals surface area contributed by atoms with Crippen molar-refractivity contribution in [2.45, 2.75) is 18.8 Å². The van der Waals surface area contributed by atoms with E-state index in [0.717, 1.165) is 35.1 Å². The Bertz CT molecular complexity index is 1730. The Kier molecular flexibility index (Phi) is 7.17. The summed E-state index contributed by atoms with van der Waals surface area (Å²) in [4.78, 5) is 36.2. The quantitative estimate of drug-likeness (QED) is 0.236. The van der Waals surface area contributed by atoms with Gasteiger partial charge in [0, 0.05) is 62.6 Å². The van der Waals surface area contributed by atoms with Gasteiger partial charge >= 0.3 is 0 Å². The van der Waals surface area contributed by atoms with Crippen LogP contribution in [-0.2, 0) is 0 Å². The maximum Gasteiger partial charge on any atom is 0.270 e. The van der Waals surface area contributed by atoms with Gasteiger partial charge in [-0.2, -0.15) is 0 Å². The van der Waals surface area contributed by atoms with Crippen molar-refractivity contribution in [2.24, 2.45) is 0 Å². The molecule has 5 aromatic rings. The zero-order chi connectivity index (χ0) is 28.7. The van der Waals surface area contributed by atoms with Crippen LogP contribution in [0.15, 0.2) is 65.2 Å². The number of fused-ring (bicyclic) bond motifs is 2. The fourth-order valence-electron chi connectivity index (χ4n) is 5.66. The number of nitrogens with one attached hydrogen (secondary N) is 2. The lowest BCUT2D eigenvalue weighted by Crippen LogP contribution is -2.39. The monoisotopic (exact) mass is 571 g/mol. The Hall–Kier alpha value is -4.31. The number of furan rings is 1. The van der Waals surface area contributed by atoms with Gasteiger partial charge in [0.25, 0.3) is 11.8 Å². The number of likely N-dealkylation sites (tertiary alicyclic amines) is 1. The number of H-pyrrole nitrogens is 1. The lowest BCUT2D eigenvalue weighted by molar-refractivity contribution is 0.0702. The van der Waals surface area contributed by atoms with E-state index in [1.54, 1.807) is 43.4 Å². The van der Waals surface area contributed by atoms with Crippen LogP contribution in [0.4, 0.5) is 10.1 Å². The first-order chi connectivity index (χ1) is 19.9. The minimum absolute atomic E-state index is 0.0471. The molecule has 6 rings (SSSR count). The molecule has 210 valence electrons. The van der Waals surface area contributed by atoms with Crippen molar-refractivity contribution in [3.8, 4) is 11.3 Å². The first-order valence-electron chi connectivity index (χ1n) is 13.5. The van der Waals surface area contributed by atoms with Crippen molar-refractivity contribution in [3.05, 3.63) is 83.4 Å². The Balaban J connectivity index is 1.42. The van der Waals surface area contributed by atoms with Gasteiger partial charge in [-0.25, -0.2) is 4.39 Å². The van der Waals surface area contributed by atoms with E-state index in [1.807, 2.05) is 42.5 Å². The highest BCUT2D eigenvalue weighted by Gasteiger charge is 2.31. The van der Waals surface area contributed by atoms with E-state index < -0.39 is 0 Å². The number of halogens is 1. The fourth-order valence-corrected chi connectivity index (χ4v) is 6.01. The Morgan fingerprint density at radius 3 is 2.73 bits per heavy atom. The number of benzene rings is 2. The Labute approximate surface area is 241 Å². The van der Waals surface area contributed by atoms with Gasteiger partial charge in [-0.15, -0.1) is 0 Å². The van der Waals surface area contributed by atoms with E-state index in [0.29, 0.717) is 46.6 Å². The summed E-state index contributed by atoms with van der Waals surface area (Å²) in [7, 11) is 3.57. The van der Waals surface area contributed by atoms with Gasteiger partial charge in [0.05, 0.1) is 22.3 Å². The molecule has 0 spiro atoms. The average Bonchev–Trinajstić information content (AvgIpc) is 3.61. The molecular formula is C31H30FN5O3S. The molecule has 1 aliphatic rings. The standard InChI is InChI=1S/C31H30FN5O3S/c1-33-30(38)28-22-14-21(26(36(2)41-3)16-27(22)40-29(28)18-8-10-20(32)11-9-18)19-6-5-13-37(17-19)31(39)25-15-24-23(35-25)7-4-12-34-24/h4,7-12,14-16,19,35H,5-6,13,17H2,1-3H3,(H,33,38)/t19-/m1/s1. The minimum atomic E-state index is -0.363. The van der Waals surface area contributed by atoms with Gasteiger partial charge < -0.3 is 23.9 Å². The van der Waals surface area contributed by atoms with Gasteiger partial charge in [0.1, 0.15) is 22.9 Å². The van der Waals surface area contributed by atoms with E-state index in [-0.39, 0.29) is 23.5 Å². The molecule has 8 nitrogen and oxygen atoms in total. The second kappa shape index (κ2) is 10.9. The molecule has 1 atom stereocenters. The van der Waals surface area contributed by atoms with Gasteiger partial charge in [0.2, 0.25) is 0 Å². The molecule has 0 aliphatic carbocycles. The highest BCUT2D eigenvalue weighted by molar-refractivity contribution is 7.99. The number of nitrogens with zero attached hydrogens (tertiary/aromatic N) is 3. The van der Waals surface area contributed by atoms with Gasteiger partial charge in [-0.05, 0) is 66.9 Å². The molecule has 0 bridgehead atoms. The Morgan fingerprint density at radius 2 is 2.00 bits per heavy atom. The number of hydrogen-bond acceptors (Lipinski definition) is 6. The molecule has 2 amide bonds. The van der Waals surface area contributed by atoms with E-state index in [4.69, 9.17) is 4.42 Å². The SMILES string of the molecule is CNC(=O)c1c(-c2ccc(F)cc2)oc2cc(N(C)SC)c([C@@H]3CCCN(C(=O)c4cc5ncccc5[nH]4)C3)cc12. The highest BCUT2D eigenvalue weighted by atomic mass is 32.2. The third-order valence-corrected chi connectivity index (χ3v) is 8.52. The maximum absolute atomic E-state index is 13.7. The maximum atomic E-state index is 13.7. The summed E-state index contributed by atoms with van der Waals surface area (Å²) in [6.45, 7) is 1.21. The van der Waals surface area contributed by atoms with Crippen LogP contribution in [-0.4, -0.2) is 60.1 Å². The molecule has 4 heterocycles. The van der Waals surface area contributed by atoms with Crippen LogP contribution in [0.2, 0.25) is 0 Å². The zero-order valence-electron chi connectivity index (χ0n) is 23.0. The van der Waals surface area contributed by atoms with Crippen molar-refractivity contribution < 1.29 is 18.4 Å². The summed E-state index contributed by atoms with van der Waals surface area (Å²) in [6.07, 6.45) is 5.46. The number of carbonyl (C=O) groups is 2. The van der Waals surface area contributed by atoms with Crippen molar-refractivity contribution in [3.63, 3.8) is 0 Å². The predicted molar refractivity (Wildman–Crippen MR) is 161 cm³/mol. The molecule has 1 saturated heterocycles. The number of carbonyl (C=O) groups excluding carboxylic acids is 2. The largest absolute Gasteiger partial charge is 0.455 e. The summed E-state index contributed by atoms with van der Waals surface area (Å²) in [5.41, 5.74) is 5.71. The number of pyridine rings is 1. The molecule has 1 aliphatic heterocycles. The molecule has 3 aromatic heterocycles. The third kappa shape index (κ3) is 4.93. The van der Waals surface area contributed by atoms with Crippen LogP contribution >= 0.6 is 11.9 Å². The van der Waals surface area contributed by atoms with Crippen LogP contribution < -0.4 is 9.62 Å². The predicted octanol–water partition coefficient (Wildman–Crippen LogP) is 6.21. The second-order valence-corrected chi connectivity index (χ2v) is 11.1. The number of aromatic amines is 1.